The smallest absolute Gasteiger partial charge is 0.263 e. The number of aryl methyl sites for hydroxylation is 1. The zero-order valence-corrected chi connectivity index (χ0v) is 18.8. The van der Waals surface area contributed by atoms with Crippen molar-refractivity contribution < 1.29 is 23.4 Å². The number of nitrogens with one attached hydrogen (secondary N) is 1. The molecule has 2 fully saturated rings. The number of anilines is 1. The molecule has 9 nitrogen and oxygen atoms in total. The van der Waals surface area contributed by atoms with Gasteiger partial charge in [-0.25, -0.2) is 13.8 Å². The number of ketones is 1. The Morgan fingerprint density at radius 3 is 2.70 bits per heavy atom. The quantitative estimate of drug-likeness (QED) is 0.622. The highest BCUT2D eigenvalue weighted by Gasteiger charge is 2.29. The molecule has 2 aliphatic rings. The van der Waals surface area contributed by atoms with Crippen LogP contribution >= 0.6 is 0 Å². The van der Waals surface area contributed by atoms with E-state index in [1.165, 1.54) is 11.5 Å². The zero-order valence-electron chi connectivity index (χ0n) is 18.8. The van der Waals surface area contributed by atoms with Gasteiger partial charge >= 0.3 is 0 Å². The summed E-state index contributed by atoms with van der Waals surface area (Å²) in [5, 5.41) is 13.9. The van der Waals surface area contributed by atoms with Crippen LogP contribution in [0, 0.1) is 6.92 Å². The van der Waals surface area contributed by atoms with Crippen LogP contribution in [0.15, 0.2) is 11.0 Å². The summed E-state index contributed by atoms with van der Waals surface area (Å²) in [6, 6.07) is -0.560. The summed E-state index contributed by atoms with van der Waals surface area (Å²) in [5.74, 6) is -0.0671. The van der Waals surface area contributed by atoms with Crippen molar-refractivity contribution in [2.75, 3.05) is 38.2 Å². The standard InChI is InChI=1S/C22H29F2N5O4/c1-12-15-9-25-22(26-16-5-8-33-11-17(16)31)27-20(15)29(21(32)19(12)13(2)30)14-3-6-28(7-4-14)10-18(23)24/h9,14,16-18,31H,3-8,10-11H2,1-2H3,(H,25,26,27)/t16-,17-/m1/s1. The molecule has 0 spiro atoms. The zero-order chi connectivity index (χ0) is 23.7. The number of rotatable bonds is 6. The third kappa shape index (κ3) is 4.90. The highest BCUT2D eigenvalue weighted by molar-refractivity contribution is 5.99. The van der Waals surface area contributed by atoms with E-state index in [2.05, 4.69) is 15.3 Å². The number of nitrogens with zero attached hydrogens (tertiary/aromatic N) is 4. The predicted molar refractivity (Wildman–Crippen MR) is 118 cm³/mol. The molecular weight excluding hydrogens is 436 g/mol. The van der Waals surface area contributed by atoms with E-state index in [9.17, 15) is 23.5 Å². The van der Waals surface area contributed by atoms with Crippen molar-refractivity contribution in [3.63, 3.8) is 0 Å². The van der Waals surface area contributed by atoms with Gasteiger partial charge in [0.05, 0.1) is 30.9 Å². The minimum Gasteiger partial charge on any atom is -0.389 e. The number of alkyl halides is 2. The number of carbonyl (C=O) groups excluding carboxylic acids is 1. The van der Waals surface area contributed by atoms with Gasteiger partial charge in [0.1, 0.15) is 5.65 Å². The number of aliphatic hydroxyl groups is 1. The number of hydrogen-bond acceptors (Lipinski definition) is 8. The number of Topliss-reactive ketones (excluding diaryl/α,β-unsaturated/α-hetero) is 1. The lowest BCUT2D eigenvalue weighted by atomic mass is 10.0. The second-order valence-electron chi connectivity index (χ2n) is 8.77. The number of pyridine rings is 1. The van der Waals surface area contributed by atoms with E-state index < -0.39 is 18.1 Å². The maximum absolute atomic E-state index is 13.4. The van der Waals surface area contributed by atoms with E-state index in [1.54, 1.807) is 18.0 Å². The van der Waals surface area contributed by atoms with Crippen LogP contribution in [0.25, 0.3) is 11.0 Å². The molecular formula is C22H29F2N5O4. The summed E-state index contributed by atoms with van der Waals surface area (Å²) in [6.07, 6.45) is 0.0402. The summed E-state index contributed by atoms with van der Waals surface area (Å²) in [6.45, 7) is 4.34. The Labute approximate surface area is 189 Å². The van der Waals surface area contributed by atoms with Gasteiger partial charge in [-0.3, -0.25) is 19.1 Å². The minimum atomic E-state index is -2.41. The number of fused-ring (bicyclic) bond motifs is 1. The Kier molecular flexibility index (Phi) is 7.01. The first-order chi connectivity index (χ1) is 15.8. The third-order valence-corrected chi connectivity index (χ3v) is 6.52. The van der Waals surface area contributed by atoms with E-state index in [1.807, 2.05) is 0 Å². The van der Waals surface area contributed by atoms with Crippen molar-refractivity contribution in [1.82, 2.24) is 19.4 Å². The molecule has 4 rings (SSSR count). The molecule has 11 heteroatoms. The summed E-state index contributed by atoms with van der Waals surface area (Å²) >= 11 is 0. The van der Waals surface area contributed by atoms with Crippen LogP contribution in [-0.2, 0) is 4.74 Å². The molecule has 2 N–H and O–H groups in total. The molecule has 2 aromatic rings. The van der Waals surface area contributed by atoms with E-state index in [4.69, 9.17) is 4.74 Å². The molecule has 2 aromatic heterocycles. The van der Waals surface area contributed by atoms with Gasteiger partial charge in [-0.1, -0.05) is 0 Å². The lowest BCUT2D eigenvalue weighted by molar-refractivity contribution is -0.0136. The fourth-order valence-electron chi connectivity index (χ4n) is 4.77. The largest absolute Gasteiger partial charge is 0.389 e. The van der Waals surface area contributed by atoms with Crippen molar-refractivity contribution in [2.24, 2.45) is 0 Å². The lowest BCUT2D eigenvalue weighted by Crippen LogP contribution is -2.42. The van der Waals surface area contributed by atoms with Gasteiger partial charge in [-0.05, 0) is 38.7 Å². The van der Waals surface area contributed by atoms with Crippen molar-refractivity contribution in [3.8, 4) is 0 Å². The van der Waals surface area contributed by atoms with Crippen LogP contribution in [0.3, 0.4) is 0 Å². The molecule has 0 aromatic carbocycles. The molecule has 4 heterocycles. The number of likely N-dealkylation sites (tertiary alicyclic amines) is 1. The minimum absolute atomic E-state index is 0.0988. The number of piperidine rings is 1. The summed E-state index contributed by atoms with van der Waals surface area (Å²) in [7, 11) is 0. The first kappa shape index (κ1) is 23.7. The monoisotopic (exact) mass is 465 g/mol. The number of aliphatic hydroxyl groups excluding tert-OH is 1. The first-order valence-electron chi connectivity index (χ1n) is 11.2. The fraction of sp³-hybridized carbons (Fsp3) is 0.636. The van der Waals surface area contributed by atoms with Gasteiger partial charge in [0.15, 0.2) is 5.78 Å². The first-order valence-corrected chi connectivity index (χ1v) is 11.2. The average molecular weight is 466 g/mol. The molecule has 0 aliphatic carbocycles. The SMILES string of the molecule is CC(=O)c1c(C)c2cnc(N[C@@H]3CCOC[C@H]3O)nc2n(C2CCN(CC(F)F)CC2)c1=O. The van der Waals surface area contributed by atoms with Crippen LogP contribution in [0.2, 0.25) is 0 Å². The third-order valence-electron chi connectivity index (χ3n) is 6.52. The van der Waals surface area contributed by atoms with E-state index in [0.29, 0.717) is 55.6 Å². The van der Waals surface area contributed by atoms with Crippen LogP contribution in [0.4, 0.5) is 14.7 Å². The second kappa shape index (κ2) is 9.78. The van der Waals surface area contributed by atoms with Crippen molar-refractivity contribution in [1.29, 1.82) is 0 Å². The van der Waals surface area contributed by atoms with Gasteiger partial charge in [0.2, 0.25) is 5.95 Å². The van der Waals surface area contributed by atoms with E-state index in [0.717, 1.165) is 0 Å². The highest BCUT2D eigenvalue weighted by atomic mass is 19.3. The molecule has 180 valence electrons. The van der Waals surface area contributed by atoms with Crippen molar-refractivity contribution >= 4 is 22.8 Å². The Balaban J connectivity index is 1.74. The van der Waals surface area contributed by atoms with Crippen LogP contribution in [0.1, 0.15) is 48.1 Å². The Morgan fingerprint density at radius 2 is 2.06 bits per heavy atom. The Bertz CT molecular complexity index is 1080. The van der Waals surface area contributed by atoms with E-state index in [-0.39, 0.29) is 42.5 Å². The molecule has 0 unspecified atom stereocenters. The van der Waals surface area contributed by atoms with Crippen molar-refractivity contribution in [3.05, 3.63) is 27.7 Å². The predicted octanol–water partition coefficient (Wildman–Crippen LogP) is 1.77. The van der Waals surface area contributed by atoms with Gasteiger partial charge in [0, 0.05) is 37.3 Å². The Hall–Kier alpha value is -2.50. The molecule has 2 atom stereocenters. The van der Waals surface area contributed by atoms with Gasteiger partial charge in [-0.2, -0.15) is 4.98 Å². The summed E-state index contributed by atoms with van der Waals surface area (Å²) in [5.41, 5.74) is 0.595. The molecule has 2 saturated heterocycles. The highest BCUT2D eigenvalue weighted by Crippen LogP contribution is 2.28. The Morgan fingerprint density at radius 1 is 1.33 bits per heavy atom. The maximum atomic E-state index is 13.4. The van der Waals surface area contributed by atoms with E-state index >= 15 is 0 Å². The average Bonchev–Trinajstić information content (AvgIpc) is 2.76. The molecule has 2 aliphatic heterocycles. The van der Waals surface area contributed by atoms with Crippen molar-refractivity contribution in [2.45, 2.75) is 57.7 Å². The lowest BCUT2D eigenvalue weighted by Gasteiger charge is -2.33. The number of aromatic nitrogens is 3. The van der Waals surface area contributed by atoms with Crippen LogP contribution in [0.5, 0.6) is 0 Å². The second-order valence-corrected chi connectivity index (χ2v) is 8.77. The molecule has 0 radical (unpaired) electrons. The number of hydrogen-bond donors (Lipinski definition) is 2. The topological polar surface area (TPSA) is 110 Å². The molecule has 0 saturated carbocycles. The van der Waals surface area contributed by atoms with Crippen LogP contribution < -0.4 is 10.9 Å². The number of halogens is 2. The summed E-state index contributed by atoms with van der Waals surface area (Å²) < 4.78 is 32.3. The number of carbonyl (C=O) groups is 1. The molecule has 0 bridgehead atoms. The van der Waals surface area contributed by atoms with Crippen LogP contribution in [-0.4, -0.2) is 81.7 Å². The van der Waals surface area contributed by atoms with Gasteiger partial charge in [0.25, 0.3) is 12.0 Å². The fourth-order valence-corrected chi connectivity index (χ4v) is 4.77. The maximum Gasteiger partial charge on any atom is 0.263 e. The molecule has 33 heavy (non-hydrogen) atoms. The van der Waals surface area contributed by atoms with Gasteiger partial charge in [-0.15, -0.1) is 0 Å². The number of ether oxygens (including phenoxy) is 1. The normalized spacial score (nSPS) is 22.7. The summed E-state index contributed by atoms with van der Waals surface area (Å²) in [4.78, 5) is 36.4. The molecule has 0 amide bonds. The van der Waals surface area contributed by atoms with Gasteiger partial charge < -0.3 is 15.2 Å².